The van der Waals surface area contributed by atoms with E-state index >= 15 is 0 Å². The summed E-state index contributed by atoms with van der Waals surface area (Å²) < 4.78 is 5.11. The van der Waals surface area contributed by atoms with Gasteiger partial charge in [0.25, 0.3) is 5.91 Å². The lowest BCUT2D eigenvalue weighted by Crippen LogP contribution is -2.30. The van der Waals surface area contributed by atoms with Gasteiger partial charge in [0.2, 0.25) is 0 Å². The molecule has 0 aliphatic heterocycles. The molecule has 0 fully saturated rings. The maximum atomic E-state index is 12.1. The molecule has 0 heterocycles. The Morgan fingerprint density at radius 2 is 1.92 bits per heavy atom. The number of carbonyl (C=O) groups is 2. The van der Waals surface area contributed by atoms with E-state index in [1.54, 1.807) is 24.3 Å². The predicted octanol–water partition coefficient (Wildman–Crippen LogP) is 2.98. The van der Waals surface area contributed by atoms with Gasteiger partial charge < -0.3 is 15.8 Å². The Bertz CT molecular complexity index is 813. The molecule has 1 atom stereocenters. The number of carbonyl (C=O) groups excluding carboxylic acids is 2. The highest BCUT2D eigenvalue weighted by Crippen LogP contribution is 2.19. The molecule has 0 aliphatic carbocycles. The van der Waals surface area contributed by atoms with Crippen molar-refractivity contribution in [2.45, 2.75) is 13.0 Å². The van der Waals surface area contributed by atoms with Gasteiger partial charge >= 0.3 is 5.97 Å². The van der Waals surface area contributed by atoms with E-state index in [4.69, 9.17) is 27.3 Å². The van der Waals surface area contributed by atoms with Crippen LogP contribution in [-0.2, 0) is 9.53 Å². The zero-order valence-corrected chi connectivity index (χ0v) is 13.5. The highest BCUT2D eigenvalue weighted by Gasteiger charge is 2.20. The second-order valence-electron chi connectivity index (χ2n) is 4.96. The monoisotopic (exact) mass is 343 g/mol. The Kier molecular flexibility index (Phi) is 5.40. The first-order valence-electron chi connectivity index (χ1n) is 6.97. The minimum Gasteiger partial charge on any atom is -0.449 e. The Hall–Kier alpha value is -3.04. The molecule has 0 unspecified atom stereocenters. The maximum absolute atomic E-state index is 12.1. The lowest BCUT2D eigenvalue weighted by molar-refractivity contribution is -0.123. The van der Waals surface area contributed by atoms with Crippen molar-refractivity contribution >= 4 is 34.9 Å². The summed E-state index contributed by atoms with van der Waals surface area (Å²) in [7, 11) is 0. The first kappa shape index (κ1) is 17.3. The zero-order valence-electron chi connectivity index (χ0n) is 12.7. The van der Waals surface area contributed by atoms with Gasteiger partial charge in [0.05, 0.1) is 17.2 Å². The van der Waals surface area contributed by atoms with Crippen LogP contribution in [0.3, 0.4) is 0 Å². The Morgan fingerprint density at radius 3 is 2.50 bits per heavy atom. The van der Waals surface area contributed by atoms with E-state index < -0.39 is 18.0 Å². The third-order valence-corrected chi connectivity index (χ3v) is 3.40. The molecule has 3 N–H and O–H groups in total. The zero-order chi connectivity index (χ0) is 17.7. The van der Waals surface area contributed by atoms with Crippen molar-refractivity contribution in [2.24, 2.45) is 0 Å². The molecule has 0 saturated heterocycles. The summed E-state index contributed by atoms with van der Waals surface area (Å²) in [5.74, 6) is -1.22. The highest BCUT2D eigenvalue weighted by molar-refractivity contribution is 6.31. The number of benzene rings is 2. The van der Waals surface area contributed by atoms with E-state index in [-0.39, 0.29) is 11.3 Å². The molecule has 24 heavy (non-hydrogen) atoms. The molecule has 0 spiro atoms. The van der Waals surface area contributed by atoms with Crippen LogP contribution in [-0.4, -0.2) is 18.0 Å². The number of nitrogens with zero attached hydrogens (tertiary/aromatic N) is 1. The molecular formula is C17H14ClN3O3. The summed E-state index contributed by atoms with van der Waals surface area (Å²) in [5.41, 5.74) is 6.99. The summed E-state index contributed by atoms with van der Waals surface area (Å²) in [4.78, 5) is 24.1. The molecule has 122 valence electrons. The van der Waals surface area contributed by atoms with Gasteiger partial charge in [-0.05, 0) is 49.4 Å². The number of ether oxygens (including phenoxy) is 1. The molecule has 0 radical (unpaired) electrons. The van der Waals surface area contributed by atoms with Crippen LogP contribution in [0.25, 0.3) is 0 Å². The lowest BCUT2D eigenvalue weighted by Gasteiger charge is -2.14. The fourth-order valence-electron chi connectivity index (χ4n) is 1.87. The van der Waals surface area contributed by atoms with Crippen LogP contribution in [0.15, 0.2) is 42.5 Å². The minimum absolute atomic E-state index is 0.137. The fourth-order valence-corrected chi connectivity index (χ4v) is 2.05. The standard InChI is InChI=1S/C17H14ClN3O3/c1-10(16(22)21-13-5-2-11(9-19)3-6-13)24-17(23)14-7-4-12(18)8-15(14)20/h2-8,10H,20H2,1H3,(H,21,22)/t10-/m0/s1. The van der Waals surface area contributed by atoms with Gasteiger partial charge in [-0.3, -0.25) is 4.79 Å². The summed E-state index contributed by atoms with van der Waals surface area (Å²) in [6, 6.07) is 12.7. The van der Waals surface area contributed by atoms with E-state index in [0.29, 0.717) is 16.3 Å². The molecule has 0 aliphatic rings. The van der Waals surface area contributed by atoms with E-state index in [0.717, 1.165) is 0 Å². The van der Waals surface area contributed by atoms with Crippen molar-refractivity contribution in [3.63, 3.8) is 0 Å². The smallest absolute Gasteiger partial charge is 0.341 e. The van der Waals surface area contributed by atoms with Crippen LogP contribution in [0.5, 0.6) is 0 Å². The van der Waals surface area contributed by atoms with Gasteiger partial charge in [-0.1, -0.05) is 11.6 Å². The number of hydrogen-bond acceptors (Lipinski definition) is 5. The normalized spacial score (nSPS) is 11.2. The molecule has 2 aromatic rings. The van der Waals surface area contributed by atoms with Gasteiger partial charge in [0.15, 0.2) is 6.10 Å². The maximum Gasteiger partial charge on any atom is 0.341 e. The number of nitrogens with two attached hydrogens (primary N) is 1. The van der Waals surface area contributed by atoms with Crippen LogP contribution in [0.4, 0.5) is 11.4 Å². The number of hydrogen-bond donors (Lipinski definition) is 2. The predicted molar refractivity (Wildman–Crippen MR) is 90.5 cm³/mol. The molecule has 7 heteroatoms. The first-order chi connectivity index (χ1) is 11.4. The molecule has 0 aromatic heterocycles. The number of nitriles is 1. The highest BCUT2D eigenvalue weighted by atomic mass is 35.5. The number of halogens is 1. The molecule has 2 rings (SSSR count). The average Bonchev–Trinajstić information content (AvgIpc) is 2.55. The quantitative estimate of drug-likeness (QED) is 0.655. The molecule has 0 saturated carbocycles. The SMILES string of the molecule is C[C@H](OC(=O)c1ccc(Cl)cc1N)C(=O)Nc1ccc(C#N)cc1. The second-order valence-corrected chi connectivity index (χ2v) is 5.39. The number of amides is 1. The van der Waals surface area contributed by atoms with Crippen molar-refractivity contribution in [1.29, 1.82) is 5.26 Å². The van der Waals surface area contributed by atoms with Crippen LogP contribution in [0.1, 0.15) is 22.8 Å². The third kappa shape index (κ3) is 4.24. The fraction of sp³-hybridized carbons (Fsp3) is 0.118. The number of esters is 1. The first-order valence-corrected chi connectivity index (χ1v) is 7.35. The number of anilines is 2. The van der Waals surface area contributed by atoms with Crippen molar-refractivity contribution in [2.75, 3.05) is 11.1 Å². The average molecular weight is 344 g/mol. The van der Waals surface area contributed by atoms with Gasteiger partial charge in [-0.15, -0.1) is 0 Å². The van der Waals surface area contributed by atoms with Gasteiger partial charge in [0.1, 0.15) is 0 Å². The molecule has 0 bridgehead atoms. The van der Waals surface area contributed by atoms with Crippen molar-refractivity contribution in [3.05, 3.63) is 58.6 Å². The molecule has 6 nitrogen and oxygen atoms in total. The van der Waals surface area contributed by atoms with Gasteiger partial charge in [-0.2, -0.15) is 5.26 Å². The van der Waals surface area contributed by atoms with Gasteiger partial charge in [0, 0.05) is 16.4 Å². The van der Waals surface area contributed by atoms with E-state index in [1.807, 2.05) is 6.07 Å². The van der Waals surface area contributed by atoms with Crippen LogP contribution in [0, 0.1) is 11.3 Å². The van der Waals surface area contributed by atoms with E-state index in [1.165, 1.54) is 25.1 Å². The van der Waals surface area contributed by atoms with Crippen LogP contribution in [0.2, 0.25) is 5.02 Å². The molecular weight excluding hydrogens is 330 g/mol. The Morgan fingerprint density at radius 1 is 1.25 bits per heavy atom. The van der Waals surface area contributed by atoms with E-state index in [2.05, 4.69) is 5.32 Å². The number of rotatable bonds is 4. The number of nitrogen functional groups attached to an aromatic ring is 1. The van der Waals surface area contributed by atoms with Crippen molar-refractivity contribution in [1.82, 2.24) is 0 Å². The molecule has 2 aromatic carbocycles. The van der Waals surface area contributed by atoms with Crippen LogP contribution >= 0.6 is 11.6 Å². The summed E-state index contributed by atoms with van der Waals surface area (Å²) in [5, 5.41) is 11.7. The Balaban J connectivity index is 2.00. The number of nitrogens with one attached hydrogen (secondary N) is 1. The topological polar surface area (TPSA) is 105 Å². The lowest BCUT2D eigenvalue weighted by atomic mass is 10.2. The van der Waals surface area contributed by atoms with Crippen molar-refractivity contribution < 1.29 is 14.3 Å². The van der Waals surface area contributed by atoms with Crippen molar-refractivity contribution in [3.8, 4) is 6.07 Å². The van der Waals surface area contributed by atoms with E-state index in [9.17, 15) is 9.59 Å². The summed E-state index contributed by atoms with van der Waals surface area (Å²) in [6.07, 6.45) is -1.02. The second kappa shape index (κ2) is 7.49. The third-order valence-electron chi connectivity index (χ3n) is 3.17. The van der Waals surface area contributed by atoms with Crippen LogP contribution < -0.4 is 11.1 Å². The Labute approximate surface area is 143 Å². The largest absolute Gasteiger partial charge is 0.449 e. The summed E-state index contributed by atoms with van der Waals surface area (Å²) >= 11 is 5.77. The molecule has 1 amide bonds. The van der Waals surface area contributed by atoms with Gasteiger partial charge in [-0.25, -0.2) is 4.79 Å². The summed E-state index contributed by atoms with van der Waals surface area (Å²) in [6.45, 7) is 1.45. The minimum atomic E-state index is -1.02.